The molecule has 22 heavy (non-hydrogen) atoms. The van der Waals surface area contributed by atoms with Crippen LogP contribution in [0.1, 0.15) is 12.0 Å². The predicted octanol–water partition coefficient (Wildman–Crippen LogP) is 2.02. The molecular weight excluding hydrogens is 308 g/mol. The topological polar surface area (TPSA) is 90.7 Å². The molecule has 0 aliphatic heterocycles. The molecule has 0 fully saturated rings. The summed E-state index contributed by atoms with van der Waals surface area (Å²) in [5.41, 5.74) is 0.448. The quantitative estimate of drug-likeness (QED) is 0.551. The molecule has 0 bridgehead atoms. The van der Waals surface area contributed by atoms with Gasteiger partial charge >= 0.3 is 0 Å². The number of benzene rings is 1. The summed E-state index contributed by atoms with van der Waals surface area (Å²) in [5.74, 6) is 1.43. The molecule has 0 saturated carbocycles. The van der Waals surface area contributed by atoms with E-state index in [0.29, 0.717) is 36.4 Å². The number of carbonyl (C=O) groups is 1. The van der Waals surface area contributed by atoms with Gasteiger partial charge in [-0.1, -0.05) is 0 Å². The molecule has 1 aromatic carbocycles. The van der Waals surface area contributed by atoms with Crippen molar-refractivity contribution >= 4 is 23.4 Å². The molecule has 0 saturated heterocycles. The molecule has 0 aliphatic carbocycles. The van der Waals surface area contributed by atoms with Crippen LogP contribution in [-0.4, -0.2) is 43.6 Å². The highest BCUT2D eigenvalue weighted by Crippen LogP contribution is 2.34. The number of rotatable bonds is 9. The zero-order valence-electron chi connectivity index (χ0n) is 12.9. The Bertz CT molecular complexity index is 536. The van der Waals surface area contributed by atoms with Gasteiger partial charge in [0.15, 0.2) is 11.5 Å². The molecule has 1 aromatic rings. The fourth-order valence-corrected chi connectivity index (χ4v) is 2.29. The Morgan fingerprint density at radius 2 is 1.95 bits per heavy atom. The number of hydrogen-bond donors (Lipinski definition) is 1. The molecule has 0 unspecified atom stereocenters. The minimum atomic E-state index is -0.465. The van der Waals surface area contributed by atoms with Crippen LogP contribution in [0.4, 0.5) is 5.69 Å². The van der Waals surface area contributed by atoms with Gasteiger partial charge in [0.25, 0.3) is 5.69 Å². The second-order valence-corrected chi connectivity index (χ2v) is 5.42. The Balaban J connectivity index is 2.80. The first-order valence-corrected chi connectivity index (χ1v) is 8.07. The van der Waals surface area contributed by atoms with E-state index in [2.05, 4.69) is 5.32 Å². The molecule has 0 aromatic heterocycles. The standard InChI is InChI=1S/C14H20N2O5S/c1-20-12-8-10(4-6-15-14(17)5-7-22-3)11(16(18)19)9-13(12)21-2/h8-9H,4-7H2,1-3H3,(H,15,17). The van der Waals surface area contributed by atoms with Gasteiger partial charge in [0, 0.05) is 24.3 Å². The zero-order valence-corrected chi connectivity index (χ0v) is 13.7. The van der Waals surface area contributed by atoms with E-state index >= 15 is 0 Å². The first-order valence-electron chi connectivity index (χ1n) is 6.68. The fraction of sp³-hybridized carbons (Fsp3) is 0.500. The minimum Gasteiger partial charge on any atom is -0.493 e. The smallest absolute Gasteiger partial charge is 0.276 e. The zero-order chi connectivity index (χ0) is 16.5. The number of hydrogen-bond acceptors (Lipinski definition) is 6. The van der Waals surface area contributed by atoms with Crippen molar-refractivity contribution in [1.82, 2.24) is 5.32 Å². The third-order valence-corrected chi connectivity index (χ3v) is 3.64. The van der Waals surface area contributed by atoms with E-state index in [0.717, 1.165) is 5.75 Å². The molecule has 1 N–H and O–H groups in total. The molecule has 0 spiro atoms. The number of nitro benzene ring substituents is 1. The Morgan fingerprint density at radius 1 is 1.32 bits per heavy atom. The van der Waals surface area contributed by atoms with E-state index in [1.165, 1.54) is 20.3 Å². The van der Waals surface area contributed by atoms with Gasteiger partial charge in [-0.05, 0) is 18.7 Å². The van der Waals surface area contributed by atoms with Crippen molar-refractivity contribution in [3.63, 3.8) is 0 Å². The summed E-state index contributed by atoms with van der Waals surface area (Å²) >= 11 is 1.59. The second-order valence-electron chi connectivity index (χ2n) is 4.44. The number of nitrogens with zero attached hydrogens (tertiary/aromatic N) is 1. The highest BCUT2D eigenvalue weighted by molar-refractivity contribution is 7.98. The predicted molar refractivity (Wildman–Crippen MR) is 85.9 cm³/mol. The Labute approximate surface area is 133 Å². The van der Waals surface area contributed by atoms with Crippen LogP contribution in [0, 0.1) is 10.1 Å². The first kappa shape index (κ1) is 18.1. The molecule has 1 amide bonds. The third-order valence-electron chi connectivity index (χ3n) is 3.03. The van der Waals surface area contributed by atoms with Crippen molar-refractivity contribution in [2.75, 3.05) is 32.8 Å². The van der Waals surface area contributed by atoms with E-state index in [-0.39, 0.29) is 11.6 Å². The van der Waals surface area contributed by atoms with Crippen molar-refractivity contribution in [2.24, 2.45) is 0 Å². The van der Waals surface area contributed by atoms with Crippen LogP contribution < -0.4 is 14.8 Å². The van der Waals surface area contributed by atoms with Crippen LogP contribution in [0.25, 0.3) is 0 Å². The Hall–Kier alpha value is -1.96. The van der Waals surface area contributed by atoms with Crippen molar-refractivity contribution in [3.8, 4) is 11.5 Å². The maximum atomic E-state index is 11.5. The molecule has 0 heterocycles. The van der Waals surface area contributed by atoms with Gasteiger partial charge in [0.05, 0.1) is 25.2 Å². The largest absolute Gasteiger partial charge is 0.493 e. The summed E-state index contributed by atoms with van der Waals surface area (Å²) in [6, 6.07) is 2.91. The van der Waals surface area contributed by atoms with Crippen molar-refractivity contribution in [1.29, 1.82) is 0 Å². The average molecular weight is 328 g/mol. The van der Waals surface area contributed by atoms with Gasteiger partial charge in [-0.25, -0.2) is 0 Å². The average Bonchev–Trinajstić information content (AvgIpc) is 2.51. The van der Waals surface area contributed by atoms with E-state index in [9.17, 15) is 14.9 Å². The maximum Gasteiger partial charge on any atom is 0.276 e. The Kier molecular flexibility index (Phi) is 7.51. The fourth-order valence-electron chi connectivity index (χ4n) is 1.90. The number of methoxy groups -OCH3 is 2. The van der Waals surface area contributed by atoms with Crippen LogP contribution in [0.3, 0.4) is 0 Å². The van der Waals surface area contributed by atoms with E-state index in [4.69, 9.17) is 9.47 Å². The van der Waals surface area contributed by atoms with Crippen LogP contribution in [0.15, 0.2) is 12.1 Å². The van der Waals surface area contributed by atoms with Gasteiger partial charge in [-0.2, -0.15) is 11.8 Å². The molecule has 122 valence electrons. The van der Waals surface area contributed by atoms with Crippen LogP contribution in [-0.2, 0) is 11.2 Å². The molecule has 0 aliphatic rings. The number of carbonyl (C=O) groups excluding carboxylic acids is 1. The lowest BCUT2D eigenvalue weighted by Crippen LogP contribution is -2.26. The van der Waals surface area contributed by atoms with Gasteiger partial charge in [0.2, 0.25) is 5.91 Å². The SMILES string of the molecule is COc1cc(CCNC(=O)CCSC)c([N+](=O)[O-])cc1OC. The van der Waals surface area contributed by atoms with E-state index in [1.807, 2.05) is 6.26 Å². The lowest BCUT2D eigenvalue weighted by atomic mass is 10.1. The highest BCUT2D eigenvalue weighted by Gasteiger charge is 2.19. The van der Waals surface area contributed by atoms with Crippen LogP contribution in [0.5, 0.6) is 11.5 Å². The normalized spacial score (nSPS) is 10.1. The number of nitro groups is 1. The van der Waals surface area contributed by atoms with E-state index in [1.54, 1.807) is 17.8 Å². The number of thioether (sulfide) groups is 1. The van der Waals surface area contributed by atoms with Crippen LogP contribution in [0.2, 0.25) is 0 Å². The molecule has 8 heteroatoms. The summed E-state index contributed by atoms with van der Waals surface area (Å²) in [6.07, 6.45) is 2.72. The minimum absolute atomic E-state index is 0.0454. The monoisotopic (exact) mass is 328 g/mol. The molecule has 1 rings (SSSR count). The molecule has 0 radical (unpaired) electrons. The summed E-state index contributed by atoms with van der Waals surface area (Å²) < 4.78 is 10.2. The molecule has 0 atom stereocenters. The third kappa shape index (κ3) is 5.10. The van der Waals surface area contributed by atoms with Gasteiger partial charge in [0.1, 0.15) is 0 Å². The van der Waals surface area contributed by atoms with Crippen molar-refractivity contribution in [3.05, 3.63) is 27.8 Å². The number of ether oxygens (including phenoxy) is 2. The summed E-state index contributed by atoms with van der Waals surface area (Å²) in [5, 5.41) is 13.9. The molecular formula is C14H20N2O5S. The first-order chi connectivity index (χ1) is 10.5. The summed E-state index contributed by atoms with van der Waals surface area (Å²) in [6.45, 7) is 0.337. The maximum absolute atomic E-state index is 11.5. The number of amides is 1. The lowest BCUT2D eigenvalue weighted by Gasteiger charge is -2.11. The molecule has 7 nitrogen and oxygen atoms in total. The van der Waals surface area contributed by atoms with Crippen molar-refractivity contribution in [2.45, 2.75) is 12.8 Å². The van der Waals surface area contributed by atoms with Crippen molar-refractivity contribution < 1.29 is 19.2 Å². The second kappa shape index (κ2) is 9.14. The van der Waals surface area contributed by atoms with Gasteiger partial charge < -0.3 is 14.8 Å². The van der Waals surface area contributed by atoms with E-state index < -0.39 is 4.92 Å². The van der Waals surface area contributed by atoms with Gasteiger partial charge in [-0.15, -0.1) is 0 Å². The highest BCUT2D eigenvalue weighted by atomic mass is 32.2. The van der Waals surface area contributed by atoms with Crippen LogP contribution >= 0.6 is 11.8 Å². The lowest BCUT2D eigenvalue weighted by molar-refractivity contribution is -0.385. The number of nitrogens with one attached hydrogen (secondary N) is 1. The Morgan fingerprint density at radius 3 is 2.50 bits per heavy atom. The summed E-state index contributed by atoms with van der Waals surface area (Å²) in [4.78, 5) is 22.2. The summed E-state index contributed by atoms with van der Waals surface area (Å²) in [7, 11) is 2.89. The van der Waals surface area contributed by atoms with Gasteiger partial charge in [-0.3, -0.25) is 14.9 Å².